The van der Waals surface area contributed by atoms with E-state index in [0.29, 0.717) is 4.31 Å². The Morgan fingerprint density at radius 1 is 1.52 bits per heavy atom. The van der Waals surface area contributed by atoms with E-state index in [-0.39, 0.29) is 22.2 Å². The Balaban J connectivity index is 3.42. The number of nitro benzene ring substituents is 1. The summed E-state index contributed by atoms with van der Waals surface area (Å²) in [6.45, 7) is 0.738. The summed E-state index contributed by atoms with van der Waals surface area (Å²) in [4.78, 5) is 21.5. The first-order valence-corrected chi connectivity index (χ1v) is 7.65. The molecule has 116 valence electrons. The van der Waals surface area contributed by atoms with Crippen molar-refractivity contribution in [3.05, 3.63) is 33.3 Å². The molecule has 0 fully saturated rings. The van der Waals surface area contributed by atoms with Crippen molar-refractivity contribution in [1.29, 1.82) is 0 Å². The van der Waals surface area contributed by atoms with Crippen LogP contribution in [0.4, 0.5) is 11.4 Å². The summed E-state index contributed by atoms with van der Waals surface area (Å²) in [5.41, 5.74) is 1.29. The van der Waals surface area contributed by atoms with Gasteiger partial charge in [-0.25, -0.2) is 14.3 Å². The quantitative estimate of drug-likeness (QED) is 0.334. The molecule has 0 aliphatic carbocycles. The van der Waals surface area contributed by atoms with Crippen molar-refractivity contribution >= 4 is 38.9 Å². The first-order chi connectivity index (χ1) is 9.72. The van der Waals surface area contributed by atoms with Crippen LogP contribution < -0.4 is 15.6 Å². The molecule has 0 aliphatic rings. The van der Waals surface area contributed by atoms with Crippen molar-refractivity contribution in [2.75, 3.05) is 16.6 Å². The Morgan fingerprint density at radius 2 is 2.14 bits per heavy atom. The van der Waals surface area contributed by atoms with Crippen LogP contribution >= 0.6 is 11.6 Å². The van der Waals surface area contributed by atoms with Gasteiger partial charge in [0, 0.05) is 12.1 Å². The molecular weight excluding hydrogens is 324 g/mol. The van der Waals surface area contributed by atoms with E-state index in [4.69, 9.17) is 17.4 Å². The lowest BCUT2D eigenvalue weighted by atomic mass is 10.3. The molecule has 1 rings (SSSR count). The summed E-state index contributed by atoms with van der Waals surface area (Å²) in [5.74, 6) is 3.84. The number of hydrazine groups is 1. The smallest absolute Gasteiger partial charge is 0.271 e. The highest BCUT2D eigenvalue weighted by Gasteiger charge is 2.26. The van der Waals surface area contributed by atoms with E-state index in [1.54, 1.807) is 5.43 Å². The van der Waals surface area contributed by atoms with Crippen LogP contribution in [0.15, 0.2) is 18.2 Å². The van der Waals surface area contributed by atoms with Crippen molar-refractivity contribution in [1.82, 2.24) is 5.43 Å². The number of carbonyl (C=O) groups is 1. The molecule has 0 unspecified atom stereocenters. The maximum absolute atomic E-state index is 12.1. The summed E-state index contributed by atoms with van der Waals surface area (Å²) in [6, 6.07) is 3.30. The van der Waals surface area contributed by atoms with Gasteiger partial charge in [0.05, 0.1) is 21.4 Å². The number of carbonyl (C=O) groups excluding carboxylic acids is 1. The van der Waals surface area contributed by atoms with E-state index in [1.165, 1.54) is 13.0 Å². The molecule has 0 aromatic heterocycles. The van der Waals surface area contributed by atoms with Crippen LogP contribution in [-0.4, -0.2) is 31.5 Å². The van der Waals surface area contributed by atoms with Crippen LogP contribution in [0, 0.1) is 10.1 Å². The molecule has 21 heavy (non-hydrogen) atoms. The Morgan fingerprint density at radius 3 is 2.62 bits per heavy atom. The topological polar surface area (TPSA) is 136 Å². The number of nitrogens with one attached hydrogen (secondary N) is 1. The molecule has 3 N–H and O–H groups in total. The van der Waals surface area contributed by atoms with Crippen molar-refractivity contribution in [2.24, 2.45) is 5.84 Å². The third-order valence-electron chi connectivity index (χ3n) is 2.56. The Bertz CT molecular complexity index is 663. The number of benzene rings is 1. The fourth-order valence-corrected chi connectivity index (χ4v) is 2.82. The Labute approximate surface area is 125 Å². The van der Waals surface area contributed by atoms with Crippen LogP contribution in [0.2, 0.25) is 5.02 Å². The highest BCUT2D eigenvalue weighted by Crippen LogP contribution is 2.31. The number of hydrogen-bond donors (Lipinski definition) is 2. The summed E-state index contributed by atoms with van der Waals surface area (Å²) < 4.78 is 24.8. The molecule has 11 heteroatoms. The van der Waals surface area contributed by atoms with Gasteiger partial charge in [0.15, 0.2) is 0 Å². The predicted octanol–water partition coefficient (Wildman–Crippen LogP) is 0.394. The second kappa shape index (κ2) is 6.70. The van der Waals surface area contributed by atoms with Gasteiger partial charge in [0.1, 0.15) is 6.54 Å². The zero-order valence-electron chi connectivity index (χ0n) is 10.9. The molecular formula is C10H13ClN4O5S. The van der Waals surface area contributed by atoms with E-state index < -0.39 is 27.4 Å². The normalized spacial score (nSPS) is 11.0. The van der Waals surface area contributed by atoms with E-state index in [2.05, 4.69) is 0 Å². The minimum Gasteiger partial charge on any atom is -0.293 e. The van der Waals surface area contributed by atoms with Crippen LogP contribution in [0.1, 0.15) is 6.92 Å². The second-order valence-corrected chi connectivity index (χ2v) is 6.46. The van der Waals surface area contributed by atoms with Crippen molar-refractivity contribution in [3.8, 4) is 0 Å². The molecule has 0 saturated carbocycles. The SMILES string of the molecule is CCS(=O)(=O)N(CC(=O)NN)c1cc([N+](=O)[O-])ccc1Cl. The van der Waals surface area contributed by atoms with Crippen molar-refractivity contribution < 1.29 is 18.1 Å². The number of non-ortho nitro benzene ring substituents is 1. The fourth-order valence-electron chi connectivity index (χ4n) is 1.47. The number of nitrogens with two attached hydrogens (primary N) is 1. The molecule has 1 amide bonds. The molecule has 0 aliphatic heterocycles. The molecule has 9 nitrogen and oxygen atoms in total. The van der Waals surface area contributed by atoms with Gasteiger partial charge in [0.2, 0.25) is 10.0 Å². The predicted molar refractivity (Wildman–Crippen MR) is 77.2 cm³/mol. The largest absolute Gasteiger partial charge is 0.293 e. The summed E-state index contributed by atoms with van der Waals surface area (Å²) in [6.07, 6.45) is 0. The lowest BCUT2D eigenvalue weighted by molar-refractivity contribution is -0.384. The maximum atomic E-state index is 12.1. The van der Waals surface area contributed by atoms with Crippen LogP contribution in [-0.2, 0) is 14.8 Å². The van der Waals surface area contributed by atoms with Gasteiger partial charge in [-0.2, -0.15) is 0 Å². The number of nitrogens with zero attached hydrogens (tertiary/aromatic N) is 2. The third kappa shape index (κ3) is 4.03. The summed E-state index contributed by atoms with van der Waals surface area (Å²) in [7, 11) is -3.87. The van der Waals surface area contributed by atoms with Crippen LogP contribution in [0.3, 0.4) is 0 Å². The highest BCUT2D eigenvalue weighted by molar-refractivity contribution is 7.92. The van der Waals surface area contributed by atoms with E-state index in [0.717, 1.165) is 12.1 Å². The Hall–Kier alpha value is -1.91. The number of nitro groups is 1. The first-order valence-electron chi connectivity index (χ1n) is 5.66. The highest BCUT2D eigenvalue weighted by atomic mass is 35.5. The minimum absolute atomic E-state index is 0.0394. The molecule has 0 heterocycles. The minimum atomic E-state index is -3.87. The lowest BCUT2D eigenvalue weighted by Crippen LogP contribution is -2.43. The van der Waals surface area contributed by atoms with Crippen LogP contribution in [0.5, 0.6) is 0 Å². The van der Waals surface area contributed by atoms with E-state index in [9.17, 15) is 23.3 Å². The van der Waals surface area contributed by atoms with Crippen molar-refractivity contribution in [3.63, 3.8) is 0 Å². The molecule has 0 atom stereocenters. The average Bonchev–Trinajstić information content (AvgIpc) is 2.44. The first kappa shape index (κ1) is 17.1. The van der Waals surface area contributed by atoms with Gasteiger partial charge in [0.25, 0.3) is 11.6 Å². The fraction of sp³-hybridized carbons (Fsp3) is 0.300. The zero-order chi connectivity index (χ0) is 16.2. The van der Waals surface area contributed by atoms with E-state index >= 15 is 0 Å². The zero-order valence-corrected chi connectivity index (χ0v) is 12.5. The standard InChI is InChI=1S/C10H13ClN4O5S/c1-2-21(19,20)14(6-10(16)13-12)9-5-7(15(17)18)3-4-8(9)11/h3-5H,2,6,12H2,1H3,(H,13,16). The maximum Gasteiger partial charge on any atom is 0.271 e. The van der Waals surface area contributed by atoms with Gasteiger partial charge in [-0.1, -0.05) is 11.6 Å². The monoisotopic (exact) mass is 336 g/mol. The molecule has 1 aromatic rings. The number of hydrogen-bond acceptors (Lipinski definition) is 6. The van der Waals surface area contributed by atoms with Gasteiger partial charge in [-0.05, 0) is 13.0 Å². The molecule has 1 aromatic carbocycles. The molecule has 0 saturated heterocycles. The lowest BCUT2D eigenvalue weighted by Gasteiger charge is -2.23. The number of sulfonamides is 1. The summed E-state index contributed by atoms with van der Waals surface area (Å²) >= 11 is 5.89. The van der Waals surface area contributed by atoms with Gasteiger partial charge < -0.3 is 0 Å². The molecule has 0 spiro atoms. The third-order valence-corrected chi connectivity index (χ3v) is 4.60. The van der Waals surface area contributed by atoms with Gasteiger partial charge in [-0.15, -0.1) is 0 Å². The van der Waals surface area contributed by atoms with Gasteiger partial charge >= 0.3 is 0 Å². The number of rotatable bonds is 6. The van der Waals surface area contributed by atoms with Crippen LogP contribution in [0.25, 0.3) is 0 Å². The molecule has 0 bridgehead atoms. The average molecular weight is 337 g/mol. The Kier molecular flexibility index (Phi) is 5.47. The molecule has 0 radical (unpaired) electrons. The number of amides is 1. The second-order valence-electron chi connectivity index (χ2n) is 3.87. The van der Waals surface area contributed by atoms with Crippen molar-refractivity contribution in [2.45, 2.75) is 6.92 Å². The number of halogens is 1. The number of anilines is 1. The van der Waals surface area contributed by atoms with Gasteiger partial charge in [-0.3, -0.25) is 24.6 Å². The summed E-state index contributed by atoms with van der Waals surface area (Å²) in [5, 5.41) is 10.7. The van der Waals surface area contributed by atoms with E-state index in [1.807, 2.05) is 0 Å².